The van der Waals surface area contributed by atoms with Crippen LogP contribution in [-0.4, -0.2) is 66.8 Å². The number of hydrogen-bond donors (Lipinski definition) is 2. The van der Waals surface area contributed by atoms with Gasteiger partial charge in [0.15, 0.2) is 5.82 Å². The first-order valence-electron chi connectivity index (χ1n) is 12.5. The zero-order valence-corrected chi connectivity index (χ0v) is 22.1. The van der Waals surface area contributed by atoms with Crippen molar-refractivity contribution in [2.24, 2.45) is 0 Å². The number of fused-ring (bicyclic) bond motifs is 1. The first kappa shape index (κ1) is 24.5. The van der Waals surface area contributed by atoms with Crippen LogP contribution in [-0.2, 0) is 0 Å². The number of benzene rings is 2. The first-order valence-corrected chi connectivity index (χ1v) is 12.9. The van der Waals surface area contributed by atoms with Crippen molar-refractivity contribution >= 4 is 46.1 Å². The molecule has 0 aliphatic carbocycles. The monoisotopic (exact) mass is 507 g/mol. The van der Waals surface area contributed by atoms with Gasteiger partial charge in [-0.25, -0.2) is 4.98 Å². The molecule has 0 unspecified atom stereocenters. The van der Waals surface area contributed by atoms with E-state index in [1.54, 1.807) is 6.20 Å². The van der Waals surface area contributed by atoms with E-state index in [0.717, 1.165) is 62.1 Å². The summed E-state index contributed by atoms with van der Waals surface area (Å²) >= 11 is 6.44. The van der Waals surface area contributed by atoms with E-state index in [1.807, 2.05) is 12.1 Å². The van der Waals surface area contributed by atoms with Gasteiger partial charge in [-0.2, -0.15) is 4.98 Å². The molecule has 9 heteroatoms. The Kier molecular flexibility index (Phi) is 6.81. The maximum absolute atomic E-state index is 6.44. The predicted octanol–water partition coefficient (Wildman–Crippen LogP) is 5.37. The number of likely N-dealkylation sites (N-methyl/N-ethyl adjacent to an activating group) is 2. The molecule has 190 valence electrons. The number of anilines is 6. The second-order valence-electron chi connectivity index (χ2n) is 10.0. The van der Waals surface area contributed by atoms with Gasteiger partial charge in [-0.3, -0.25) is 0 Å². The quantitative estimate of drug-likeness (QED) is 0.461. The Balaban J connectivity index is 1.29. The van der Waals surface area contributed by atoms with E-state index in [4.69, 9.17) is 16.3 Å². The van der Waals surface area contributed by atoms with Crippen molar-refractivity contribution in [1.29, 1.82) is 0 Å². The average Bonchev–Trinajstić information content (AvgIpc) is 2.86. The Morgan fingerprint density at radius 3 is 2.44 bits per heavy atom. The van der Waals surface area contributed by atoms with Crippen LogP contribution in [0.3, 0.4) is 0 Å². The number of halogens is 1. The number of aromatic nitrogens is 2. The summed E-state index contributed by atoms with van der Waals surface area (Å²) in [6, 6.07) is 14.5. The van der Waals surface area contributed by atoms with Crippen molar-refractivity contribution in [3.05, 3.63) is 53.7 Å². The van der Waals surface area contributed by atoms with Crippen LogP contribution in [0.4, 0.5) is 34.5 Å². The van der Waals surface area contributed by atoms with E-state index in [1.165, 1.54) is 5.69 Å². The highest BCUT2D eigenvalue weighted by atomic mass is 35.5. The van der Waals surface area contributed by atoms with E-state index in [0.29, 0.717) is 16.8 Å². The van der Waals surface area contributed by atoms with Crippen LogP contribution in [0.1, 0.15) is 20.8 Å². The minimum absolute atomic E-state index is 0.225. The fraction of sp³-hybridized carbons (Fsp3) is 0.407. The molecule has 0 atom stereocenters. The lowest BCUT2D eigenvalue weighted by Crippen LogP contribution is -2.46. The Hall–Kier alpha value is -3.23. The Morgan fingerprint density at radius 1 is 1.00 bits per heavy atom. The number of hydrogen-bond acceptors (Lipinski definition) is 8. The molecule has 0 radical (unpaired) electrons. The molecule has 1 aromatic heterocycles. The summed E-state index contributed by atoms with van der Waals surface area (Å²) in [5.74, 6) is 1.91. The van der Waals surface area contributed by atoms with Crippen LogP contribution in [0, 0.1) is 0 Å². The largest absolute Gasteiger partial charge is 0.484 e. The van der Waals surface area contributed by atoms with E-state index in [-0.39, 0.29) is 5.60 Å². The van der Waals surface area contributed by atoms with Crippen molar-refractivity contribution in [1.82, 2.24) is 14.9 Å². The molecule has 0 saturated carbocycles. The summed E-state index contributed by atoms with van der Waals surface area (Å²) in [6.45, 7) is 12.4. The lowest BCUT2D eigenvalue weighted by molar-refractivity contribution is 0.105. The molecule has 2 N–H and O–H groups in total. The lowest BCUT2D eigenvalue weighted by atomic mass is 10.0. The minimum atomic E-state index is -0.225. The van der Waals surface area contributed by atoms with Gasteiger partial charge in [0.1, 0.15) is 16.4 Å². The maximum Gasteiger partial charge on any atom is 0.229 e. The number of piperazine rings is 1. The topological polar surface area (TPSA) is 68.8 Å². The van der Waals surface area contributed by atoms with Gasteiger partial charge in [0.2, 0.25) is 5.95 Å². The van der Waals surface area contributed by atoms with Gasteiger partial charge in [0, 0.05) is 49.8 Å². The molecule has 3 aromatic rings. The van der Waals surface area contributed by atoms with Gasteiger partial charge < -0.3 is 30.1 Å². The summed E-state index contributed by atoms with van der Waals surface area (Å²) in [5, 5.41) is 7.10. The Bertz CT molecular complexity index is 1210. The molecule has 8 nitrogen and oxygen atoms in total. The third-order valence-electron chi connectivity index (χ3n) is 6.64. The number of nitrogens with zero attached hydrogens (tertiary/aromatic N) is 5. The van der Waals surface area contributed by atoms with Gasteiger partial charge >= 0.3 is 0 Å². The highest BCUT2D eigenvalue weighted by Gasteiger charge is 2.31. The van der Waals surface area contributed by atoms with Crippen molar-refractivity contribution in [2.75, 3.05) is 66.7 Å². The average molecular weight is 508 g/mol. The molecule has 2 aliphatic rings. The second-order valence-corrected chi connectivity index (χ2v) is 10.4. The third-order valence-corrected chi connectivity index (χ3v) is 6.91. The van der Waals surface area contributed by atoms with E-state index < -0.39 is 0 Å². The smallest absolute Gasteiger partial charge is 0.229 e. The van der Waals surface area contributed by atoms with Crippen LogP contribution in [0.5, 0.6) is 5.75 Å². The van der Waals surface area contributed by atoms with Gasteiger partial charge in [-0.1, -0.05) is 11.6 Å². The highest BCUT2D eigenvalue weighted by molar-refractivity contribution is 6.32. The van der Waals surface area contributed by atoms with Crippen molar-refractivity contribution in [2.45, 2.75) is 26.4 Å². The molecule has 3 heterocycles. The number of nitrogens with one attached hydrogen (secondary N) is 2. The zero-order valence-electron chi connectivity index (χ0n) is 21.4. The zero-order chi connectivity index (χ0) is 25.3. The Morgan fingerprint density at radius 2 is 1.72 bits per heavy atom. The normalized spacial score (nSPS) is 17.4. The van der Waals surface area contributed by atoms with Gasteiger partial charge in [0.05, 0.1) is 18.4 Å². The van der Waals surface area contributed by atoms with E-state index in [2.05, 4.69) is 93.5 Å². The first-order chi connectivity index (χ1) is 17.3. The predicted molar refractivity (Wildman–Crippen MR) is 149 cm³/mol. The standard InChI is InChI=1S/C27H34ClN7O/c1-5-34-18-27(2,3)36-24-11-8-20(16-23(24)34)30-25-22(28)17-29-26(32-25)31-19-6-9-21(10-7-19)35-14-12-33(4)13-15-35/h6-11,16-17H,5,12-15,18H2,1-4H3,(H2,29,30,31,32). The lowest BCUT2D eigenvalue weighted by Gasteiger charge is -2.40. The van der Waals surface area contributed by atoms with Crippen LogP contribution in [0.15, 0.2) is 48.7 Å². The molecule has 0 bridgehead atoms. The van der Waals surface area contributed by atoms with Gasteiger partial charge in [-0.05, 0) is 70.3 Å². The van der Waals surface area contributed by atoms with Crippen molar-refractivity contribution in [3.63, 3.8) is 0 Å². The SMILES string of the molecule is CCN1CC(C)(C)Oc2ccc(Nc3nc(Nc4ccc(N5CCN(C)CC5)cc4)ncc3Cl)cc21. The van der Waals surface area contributed by atoms with Crippen molar-refractivity contribution in [3.8, 4) is 5.75 Å². The molecule has 0 amide bonds. The van der Waals surface area contributed by atoms with Crippen LogP contribution < -0.4 is 25.2 Å². The summed E-state index contributed by atoms with van der Waals surface area (Å²) in [4.78, 5) is 16.1. The molecular weight excluding hydrogens is 474 g/mol. The highest BCUT2D eigenvalue weighted by Crippen LogP contribution is 2.39. The fourth-order valence-corrected chi connectivity index (χ4v) is 4.82. The summed E-state index contributed by atoms with van der Waals surface area (Å²) in [6.07, 6.45) is 1.61. The molecule has 2 aliphatic heterocycles. The third kappa shape index (κ3) is 5.44. The second kappa shape index (κ2) is 10.0. The van der Waals surface area contributed by atoms with E-state index in [9.17, 15) is 0 Å². The molecular formula is C27H34ClN7O. The number of rotatable bonds is 6. The summed E-state index contributed by atoms with van der Waals surface area (Å²) < 4.78 is 6.18. The summed E-state index contributed by atoms with van der Waals surface area (Å²) in [5.41, 5.74) is 3.88. The molecule has 1 fully saturated rings. The Labute approximate surface area is 218 Å². The fourth-order valence-electron chi connectivity index (χ4n) is 4.69. The van der Waals surface area contributed by atoms with Crippen LogP contribution in [0.25, 0.3) is 0 Å². The van der Waals surface area contributed by atoms with E-state index >= 15 is 0 Å². The van der Waals surface area contributed by atoms with Crippen LogP contribution in [0.2, 0.25) is 5.02 Å². The van der Waals surface area contributed by atoms with Gasteiger partial charge in [0.25, 0.3) is 0 Å². The molecule has 0 spiro atoms. The minimum Gasteiger partial charge on any atom is -0.484 e. The molecule has 2 aromatic carbocycles. The van der Waals surface area contributed by atoms with Crippen LogP contribution >= 0.6 is 11.6 Å². The molecule has 5 rings (SSSR count). The van der Waals surface area contributed by atoms with Gasteiger partial charge in [-0.15, -0.1) is 0 Å². The van der Waals surface area contributed by atoms with Crippen molar-refractivity contribution < 1.29 is 4.74 Å². The maximum atomic E-state index is 6.44. The molecule has 36 heavy (non-hydrogen) atoms. The summed E-state index contributed by atoms with van der Waals surface area (Å²) in [7, 11) is 2.17. The molecule has 1 saturated heterocycles. The number of ether oxygens (including phenoxy) is 1.